The molecule has 120 valence electrons. The smallest absolute Gasteiger partial charge is 0.119 e. The first kappa shape index (κ1) is 18.8. The Balaban J connectivity index is 0.00000220. The number of nitrogens with zero attached hydrogens (tertiary/aromatic N) is 1. The molecule has 5 heteroatoms. The van der Waals surface area contributed by atoms with Crippen molar-refractivity contribution in [2.24, 2.45) is 0 Å². The standard InChI is InChI=1S/C16H24BrNO2.ClH/c1-12-4-3-5-13(2)18(12)10-15(19)11-20-16-8-6-14(17)7-9-16;/h6-9,12-13,15,19H,3-5,10-11H2,1-2H3;1H. The molecule has 21 heavy (non-hydrogen) atoms. The first-order valence-electron chi connectivity index (χ1n) is 7.38. The number of aliphatic hydroxyl groups excluding tert-OH is 1. The molecular formula is C16H25BrClNO2. The van der Waals surface area contributed by atoms with Crippen molar-refractivity contribution in [2.45, 2.75) is 51.3 Å². The molecule has 0 bridgehead atoms. The summed E-state index contributed by atoms with van der Waals surface area (Å²) < 4.78 is 6.67. The summed E-state index contributed by atoms with van der Waals surface area (Å²) in [5.74, 6) is 0.798. The van der Waals surface area contributed by atoms with Crippen LogP contribution in [0.5, 0.6) is 5.75 Å². The fourth-order valence-corrected chi connectivity index (χ4v) is 3.12. The van der Waals surface area contributed by atoms with Crippen LogP contribution in [-0.2, 0) is 0 Å². The zero-order chi connectivity index (χ0) is 14.5. The molecule has 1 aliphatic heterocycles. The van der Waals surface area contributed by atoms with Gasteiger partial charge in [0.1, 0.15) is 18.5 Å². The van der Waals surface area contributed by atoms with Crippen LogP contribution in [0.3, 0.4) is 0 Å². The molecule has 3 nitrogen and oxygen atoms in total. The summed E-state index contributed by atoms with van der Waals surface area (Å²) in [6.45, 7) is 5.53. The monoisotopic (exact) mass is 377 g/mol. The number of benzene rings is 1. The van der Waals surface area contributed by atoms with Gasteiger partial charge in [-0.25, -0.2) is 0 Å². The van der Waals surface area contributed by atoms with Gasteiger partial charge in [-0.05, 0) is 51.0 Å². The van der Waals surface area contributed by atoms with Crippen LogP contribution >= 0.6 is 28.3 Å². The maximum Gasteiger partial charge on any atom is 0.119 e. The van der Waals surface area contributed by atoms with Gasteiger partial charge in [-0.1, -0.05) is 22.4 Å². The highest BCUT2D eigenvalue weighted by atomic mass is 79.9. The lowest BCUT2D eigenvalue weighted by atomic mass is 9.97. The summed E-state index contributed by atoms with van der Waals surface area (Å²) in [6, 6.07) is 8.81. The van der Waals surface area contributed by atoms with Crippen molar-refractivity contribution < 1.29 is 9.84 Å². The summed E-state index contributed by atoms with van der Waals surface area (Å²) in [4.78, 5) is 2.40. The maximum absolute atomic E-state index is 10.2. The number of hydrogen-bond acceptors (Lipinski definition) is 3. The fourth-order valence-electron chi connectivity index (χ4n) is 2.85. The lowest BCUT2D eigenvalue weighted by Crippen LogP contribution is -2.48. The average Bonchev–Trinajstić information content (AvgIpc) is 2.42. The SMILES string of the molecule is CC1CCCC(C)N1CC(O)COc1ccc(Br)cc1.Cl. The van der Waals surface area contributed by atoms with Crippen LogP contribution in [0.2, 0.25) is 0 Å². The largest absolute Gasteiger partial charge is 0.491 e. The minimum absolute atomic E-state index is 0. The van der Waals surface area contributed by atoms with Crippen LogP contribution in [0, 0.1) is 0 Å². The minimum atomic E-state index is -0.443. The molecule has 1 N–H and O–H groups in total. The molecule has 0 aliphatic carbocycles. The second-order valence-electron chi connectivity index (χ2n) is 5.74. The Morgan fingerprint density at radius 2 is 1.81 bits per heavy atom. The minimum Gasteiger partial charge on any atom is -0.491 e. The topological polar surface area (TPSA) is 32.7 Å². The number of hydrogen-bond donors (Lipinski definition) is 1. The van der Waals surface area contributed by atoms with Crippen molar-refractivity contribution in [1.82, 2.24) is 4.90 Å². The third-order valence-electron chi connectivity index (χ3n) is 4.05. The van der Waals surface area contributed by atoms with E-state index in [1.54, 1.807) is 0 Å². The molecule has 1 aliphatic rings. The maximum atomic E-state index is 10.2. The van der Waals surface area contributed by atoms with Crippen LogP contribution in [0.4, 0.5) is 0 Å². The molecular weight excluding hydrogens is 354 g/mol. The molecule has 1 aromatic rings. The molecule has 0 spiro atoms. The van der Waals surface area contributed by atoms with Crippen LogP contribution in [-0.4, -0.2) is 41.3 Å². The number of halogens is 2. The predicted octanol–water partition coefficient (Wildman–Crippen LogP) is 3.87. The second kappa shape index (κ2) is 8.99. The van der Waals surface area contributed by atoms with E-state index in [0.29, 0.717) is 25.2 Å². The summed E-state index contributed by atoms with van der Waals surface area (Å²) in [5.41, 5.74) is 0. The Labute approximate surface area is 142 Å². The van der Waals surface area contributed by atoms with Crippen LogP contribution < -0.4 is 4.74 Å². The lowest BCUT2D eigenvalue weighted by molar-refractivity contribution is 0.0209. The summed E-state index contributed by atoms with van der Waals surface area (Å²) in [6.07, 6.45) is 3.31. The van der Waals surface area contributed by atoms with Gasteiger partial charge in [0.15, 0.2) is 0 Å². The number of piperidine rings is 1. The molecule has 2 rings (SSSR count). The number of β-amino-alcohol motifs (C(OH)–C–C–N with tert-alkyl or cyclic N) is 1. The van der Waals surface area contributed by atoms with E-state index in [2.05, 4.69) is 34.7 Å². The van der Waals surface area contributed by atoms with E-state index in [0.717, 1.165) is 10.2 Å². The van der Waals surface area contributed by atoms with Crippen molar-refractivity contribution in [3.05, 3.63) is 28.7 Å². The van der Waals surface area contributed by atoms with E-state index in [1.165, 1.54) is 19.3 Å². The molecule has 3 atom stereocenters. The van der Waals surface area contributed by atoms with E-state index in [4.69, 9.17) is 4.74 Å². The van der Waals surface area contributed by atoms with Crippen molar-refractivity contribution >= 4 is 28.3 Å². The number of rotatable bonds is 5. The van der Waals surface area contributed by atoms with Gasteiger partial charge in [0.2, 0.25) is 0 Å². The molecule has 0 aromatic heterocycles. The number of likely N-dealkylation sites (tertiary alicyclic amines) is 1. The first-order chi connectivity index (χ1) is 9.56. The predicted molar refractivity (Wildman–Crippen MR) is 92.4 cm³/mol. The van der Waals surface area contributed by atoms with E-state index in [-0.39, 0.29) is 12.4 Å². The molecule has 3 unspecified atom stereocenters. The first-order valence-corrected chi connectivity index (χ1v) is 8.17. The van der Waals surface area contributed by atoms with Crippen molar-refractivity contribution in [3.8, 4) is 5.75 Å². The Morgan fingerprint density at radius 1 is 1.24 bits per heavy atom. The van der Waals surface area contributed by atoms with Gasteiger partial charge >= 0.3 is 0 Å². The Bertz CT molecular complexity index is 405. The summed E-state index contributed by atoms with van der Waals surface area (Å²) >= 11 is 3.39. The normalized spacial score (nSPS) is 24.2. The highest BCUT2D eigenvalue weighted by molar-refractivity contribution is 9.10. The van der Waals surface area contributed by atoms with Gasteiger partial charge in [-0.15, -0.1) is 12.4 Å². The van der Waals surface area contributed by atoms with E-state index in [1.807, 2.05) is 24.3 Å². The fraction of sp³-hybridized carbons (Fsp3) is 0.625. The second-order valence-corrected chi connectivity index (χ2v) is 6.66. The summed E-state index contributed by atoms with van der Waals surface area (Å²) in [7, 11) is 0. The number of aliphatic hydroxyl groups is 1. The van der Waals surface area contributed by atoms with Gasteiger partial charge in [0.05, 0.1) is 0 Å². The van der Waals surface area contributed by atoms with Gasteiger partial charge in [0.25, 0.3) is 0 Å². The van der Waals surface area contributed by atoms with Gasteiger partial charge in [-0.3, -0.25) is 4.90 Å². The molecule has 0 amide bonds. The molecule has 1 heterocycles. The van der Waals surface area contributed by atoms with Gasteiger partial charge < -0.3 is 9.84 Å². The Kier molecular flexibility index (Phi) is 8.03. The third kappa shape index (κ3) is 5.78. The zero-order valence-corrected chi connectivity index (χ0v) is 15.1. The van der Waals surface area contributed by atoms with Crippen LogP contribution in [0.15, 0.2) is 28.7 Å². The Hall–Kier alpha value is -0.290. The molecule has 1 aromatic carbocycles. The third-order valence-corrected chi connectivity index (χ3v) is 4.58. The molecule has 1 saturated heterocycles. The van der Waals surface area contributed by atoms with Crippen molar-refractivity contribution in [1.29, 1.82) is 0 Å². The zero-order valence-electron chi connectivity index (χ0n) is 12.7. The van der Waals surface area contributed by atoms with E-state index in [9.17, 15) is 5.11 Å². The van der Waals surface area contributed by atoms with Gasteiger partial charge in [0, 0.05) is 23.1 Å². The van der Waals surface area contributed by atoms with Crippen LogP contribution in [0.1, 0.15) is 33.1 Å². The highest BCUT2D eigenvalue weighted by Crippen LogP contribution is 2.22. The summed E-state index contributed by atoms with van der Waals surface area (Å²) in [5, 5.41) is 10.2. The Morgan fingerprint density at radius 3 is 2.38 bits per heavy atom. The highest BCUT2D eigenvalue weighted by Gasteiger charge is 2.26. The van der Waals surface area contributed by atoms with Gasteiger partial charge in [-0.2, -0.15) is 0 Å². The van der Waals surface area contributed by atoms with E-state index >= 15 is 0 Å². The van der Waals surface area contributed by atoms with Crippen molar-refractivity contribution in [2.75, 3.05) is 13.2 Å². The molecule has 0 saturated carbocycles. The quantitative estimate of drug-likeness (QED) is 0.844. The number of ether oxygens (including phenoxy) is 1. The van der Waals surface area contributed by atoms with Crippen molar-refractivity contribution in [3.63, 3.8) is 0 Å². The molecule has 1 fully saturated rings. The molecule has 0 radical (unpaired) electrons. The van der Waals surface area contributed by atoms with E-state index < -0.39 is 6.10 Å². The average molecular weight is 379 g/mol. The lowest BCUT2D eigenvalue weighted by Gasteiger charge is -2.40. The van der Waals surface area contributed by atoms with Crippen LogP contribution in [0.25, 0.3) is 0 Å².